The molecule has 5 nitrogen and oxygen atoms in total. The number of rotatable bonds is 8. The molecular formula is C12H23NO4. The minimum atomic E-state index is -0.873. The first-order chi connectivity index (χ1) is 7.93. The SMILES string of the molecule is CCOC(C)C(=O)NCC(CC)(CC)C(=O)O. The highest BCUT2D eigenvalue weighted by Gasteiger charge is 2.35. The molecule has 0 aromatic heterocycles. The summed E-state index contributed by atoms with van der Waals surface area (Å²) < 4.78 is 5.14. The molecule has 2 N–H and O–H groups in total. The van der Waals surface area contributed by atoms with Crippen LogP contribution in [0.15, 0.2) is 0 Å². The van der Waals surface area contributed by atoms with Gasteiger partial charge in [0.2, 0.25) is 5.91 Å². The van der Waals surface area contributed by atoms with Gasteiger partial charge in [-0.25, -0.2) is 0 Å². The van der Waals surface area contributed by atoms with E-state index < -0.39 is 17.5 Å². The molecule has 0 aliphatic rings. The Morgan fingerprint density at radius 3 is 2.18 bits per heavy atom. The van der Waals surface area contributed by atoms with Crippen LogP contribution in [0.1, 0.15) is 40.5 Å². The summed E-state index contributed by atoms with van der Waals surface area (Å²) in [6.45, 7) is 7.69. The predicted octanol–water partition coefficient (Wildman–Crippen LogP) is 1.42. The fraction of sp³-hybridized carbons (Fsp3) is 0.833. The predicted molar refractivity (Wildman–Crippen MR) is 64.7 cm³/mol. The largest absolute Gasteiger partial charge is 0.481 e. The molecule has 0 aromatic rings. The van der Waals surface area contributed by atoms with Crippen molar-refractivity contribution in [2.45, 2.75) is 46.6 Å². The van der Waals surface area contributed by atoms with E-state index in [-0.39, 0.29) is 12.5 Å². The van der Waals surface area contributed by atoms with Gasteiger partial charge < -0.3 is 15.2 Å². The average Bonchev–Trinajstić information content (AvgIpc) is 2.30. The third-order valence-corrected chi connectivity index (χ3v) is 3.19. The van der Waals surface area contributed by atoms with E-state index in [1.807, 2.05) is 20.8 Å². The maximum Gasteiger partial charge on any atom is 0.311 e. The second-order valence-electron chi connectivity index (χ2n) is 4.11. The molecule has 0 aromatic carbocycles. The number of carbonyl (C=O) groups is 2. The van der Waals surface area contributed by atoms with Gasteiger partial charge in [0.25, 0.3) is 0 Å². The lowest BCUT2D eigenvalue weighted by Gasteiger charge is -2.27. The highest BCUT2D eigenvalue weighted by Crippen LogP contribution is 2.25. The van der Waals surface area contributed by atoms with E-state index in [9.17, 15) is 14.7 Å². The number of hydrogen-bond donors (Lipinski definition) is 2. The molecule has 1 unspecified atom stereocenters. The zero-order valence-corrected chi connectivity index (χ0v) is 11.1. The Labute approximate surface area is 103 Å². The number of amides is 1. The molecule has 0 heterocycles. The standard InChI is InChI=1S/C12H23NO4/c1-5-12(6-2,11(15)16)8-13-10(14)9(4)17-7-3/h9H,5-8H2,1-4H3,(H,13,14)(H,15,16). The Hall–Kier alpha value is -1.10. The molecule has 100 valence electrons. The lowest BCUT2D eigenvalue weighted by molar-refractivity contribution is -0.149. The molecule has 1 amide bonds. The summed E-state index contributed by atoms with van der Waals surface area (Å²) in [6.07, 6.45) is 0.435. The Balaban J connectivity index is 4.41. The second kappa shape index (κ2) is 7.27. The lowest BCUT2D eigenvalue weighted by Crippen LogP contribution is -2.45. The van der Waals surface area contributed by atoms with Crippen molar-refractivity contribution in [1.82, 2.24) is 5.32 Å². The number of hydrogen-bond acceptors (Lipinski definition) is 3. The van der Waals surface area contributed by atoms with Gasteiger partial charge in [-0.1, -0.05) is 13.8 Å². The van der Waals surface area contributed by atoms with Crippen molar-refractivity contribution in [1.29, 1.82) is 0 Å². The van der Waals surface area contributed by atoms with Gasteiger partial charge >= 0.3 is 5.97 Å². The van der Waals surface area contributed by atoms with Crippen molar-refractivity contribution in [3.05, 3.63) is 0 Å². The van der Waals surface area contributed by atoms with Crippen molar-refractivity contribution in [3.63, 3.8) is 0 Å². The molecular weight excluding hydrogens is 222 g/mol. The van der Waals surface area contributed by atoms with Gasteiger partial charge in [0.15, 0.2) is 0 Å². The van der Waals surface area contributed by atoms with Gasteiger partial charge in [-0.15, -0.1) is 0 Å². The molecule has 0 aliphatic carbocycles. The molecule has 0 aliphatic heterocycles. The molecule has 0 fully saturated rings. The van der Waals surface area contributed by atoms with E-state index >= 15 is 0 Å². The van der Waals surface area contributed by atoms with Crippen LogP contribution in [-0.2, 0) is 14.3 Å². The first-order valence-corrected chi connectivity index (χ1v) is 6.06. The minimum Gasteiger partial charge on any atom is -0.481 e. The van der Waals surface area contributed by atoms with Crippen LogP contribution in [0.4, 0.5) is 0 Å². The van der Waals surface area contributed by atoms with E-state index in [1.54, 1.807) is 6.92 Å². The number of carboxylic acids is 1. The summed E-state index contributed by atoms with van der Waals surface area (Å²) in [5, 5.41) is 11.8. The zero-order valence-electron chi connectivity index (χ0n) is 11.1. The zero-order chi connectivity index (χ0) is 13.5. The van der Waals surface area contributed by atoms with E-state index in [1.165, 1.54) is 0 Å². The van der Waals surface area contributed by atoms with Crippen LogP contribution in [-0.4, -0.2) is 36.2 Å². The topological polar surface area (TPSA) is 75.6 Å². The highest BCUT2D eigenvalue weighted by atomic mass is 16.5. The van der Waals surface area contributed by atoms with Crippen molar-refractivity contribution in [3.8, 4) is 0 Å². The van der Waals surface area contributed by atoms with Gasteiger partial charge in [0, 0.05) is 13.2 Å². The first kappa shape index (κ1) is 15.9. The maximum absolute atomic E-state index is 11.6. The van der Waals surface area contributed by atoms with Crippen molar-refractivity contribution >= 4 is 11.9 Å². The smallest absolute Gasteiger partial charge is 0.311 e. The van der Waals surface area contributed by atoms with Crippen molar-refractivity contribution < 1.29 is 19.4 Å². The molecule has 0 spiro atoms. The number of carboxylic acid groups (broad SMARTS) is 1. The van der Waals surface area contributed by atoms with Crippen LogP contribution >= 0.6 is 0 Å². The number of nitrogens with one attached hydrogen (secondary N) is 1. The van der Waals surface area contributed by atoms with E-state index in [0.717, 1.165) is 0 Å². The monoisotopic (exact) mass is 245 g/mol. The Bertz CT molecular complexity index is 261. The molecule has 1 atom stereocenters. The van der Waals surface area contributed by atoms with Gasteiger partial charge in [-0.05, 0) is 26.7 Å². The van der Waals surface area contributed by atoms with Gasteiger partial charge in [0.05, 0.1) is 5.41 Å². The molecule has 0 radical (unpaired) electrons. The Morgan fingerprint density at radius 2 is 1.82 bits per heavy atom. The van der Waals surface area contributed by atoms with Crippen LogP contribution < -0.4 is 5.32 Å². The van der Waals surface area contributed by atoms with Crippen LogP contribution in [0.2, 0.25) is 0 Å². The molecule has 0 bridgehead atoms. The molecule has 0 saturated carbocycles. The average molecular weight is 245 g/mol. The van der Waals surface area contributed by atoms with E-state index in [2.05, 4.69) is 5.32 Å². The molecule has 17 heavy (non-hydrogen) atoms. The van der Waals surface area contributed by atoms with Crippen molar-refractivity contribution in [2.75, 3.05) is 13.2 Å². The molecule has 0 saturated heterocycles. The van der Waals surface area contributed by atoms with Crippen LogP contribution in [0.5, 0.6) is 0 Å². The lowest BCUT2D eigenvalue weighted by atomic mass is 9.82. The number of aliphatic carboxylic acids is 1. The maximum atomic E-state index is 11.6. The fourth-order valence-corrected chi connectivity index (χ4v) is 1.60. The van der Waals surface area contributed by atoms with Gasteiger partial charge in [-0.3, -0.25) is 9.59 Å². The quantitative estimate of drug-likeness (QED) is 0.678. The number of ether oxygens (including phenoxy) is 1. The second-order valence-corrected chi connectivity index (χ2v) is 4.11. The Kier molecular flexibility index (Phi) is 6.80. The van der Waals surface area contributed by atoms with E-state index in [4.69, 9.17) is 4.74 Å². The molecule has 5 heteroatoms. The summed E-state index contributed by atoms with van der Waals surface area (Å²) in [5.41, 5.74) is -0.873. The summed E-state index contributed by atoms with van der Waals surface area (Å²) in [7, 11) is 0. The summed E-state index contributed by atoms with van der Waals surface area (Å²) >= 11 is 0. The molecule has 0 rings (SSSR count). The summed E-state index contributed by atoms with van der Waals surface area (Å²) in [4.78, 5) is 22.8. The van der Waals surface area contributed by atoms with Gasteiger partial charge in [0.1, 0.15) is 6.10 Å². The highest BCUT2D eigenvalue weighted by molar-refractivity contribution is 5.82. The Morgan fingerprint density at radius 1 is 1.29 bits per heavy atom. The summed E-state index contributed by atoms with van der Waals surface area (Å²) in [6, 6.07) is 0. The van der Waals surface area contributed by atoms with E-state index in [0.29, 0.717) is 19.4 Å². The fourth-order valence-electron chi connectivity index (χ4n) is 1.60. The third-order valence-electron chi connectivity index (χ3n) is 3.19. The first-order valence-electron chi connectivity index (χ1n) is 6.06. The van der Waals surface area contributed by atoms with Crippen LogP contribution in [0.3, 0.4) is 0 Å². The third kappa shape index (κ3) is 4.34. The van der Waals surface area contributed by atoms with Gasteiger partial charge in [-0.2, -0.15) is 0 Å². The normalized spacial score (nSPS) is 13.2. The number of carbonyl (C=O) groups excluding carboxylic acids is 1. The van der Waals surface area contributed by atoms with Crippen LogP contribution in [0.25, 0.3) is 0 Å². The van der Waals surface area contributed by atoms with Crippen LogP contribution in [0, 0.1) is 5.41 Å². The van der Waals surface area contributed by atoms with Crippen molar-refractivity contribution in [2.24, 2.45) is 5.41 Å². The summed E-state index contributed by atoms with van der Waals surface area (Å²) in [5.74, 6) is -1.13. The minimum absolute atomic E-state index is 0.144.